The summed E-state index contributed by atoms with van der Waals surface area (Å²) in [6.45, 7) is 5.54. The van der Waals surface area contributed by atoms with Crippen LogP contribution < -0.4 is 10.5 Å². The summed E-state index contributed by atoms with van der Waals surface area (Å²) in [4.78, 5) is 15.7. The van der Waals surface area contributed by atoms with E-state index in [0.717, 1.165) is 23.6 Å². The van der Waals surface area contributed by atoms with E-state index < -0.39 is 0 Å². The summed E-state index contributed by atoms with van der Waals surface area (Å²) in [5.41, 5.74) is 5.73. The number of methoxy groups -OCH3 is 1. The maximum absolute atomic E-state index is 12.6. The predicted molar refractivity (Wildman–Crippen MR) is 93.9 cm³/mol. The molecule has 1 aliphatic rings. The first-order valence-electron chi connectivity index (χ1n) is 7.36. The van der Waals surface area contributed by atoms with Gasteiger partial charge in [0.15, 0.2) is 0 Å². The molecule has 22 heavy (non-hydrogen) atoms. The quantitative estimate of drug-likeness (QED) is 0.834. The van der Waals surface area contributed by atoms with E-state index in [9.17, 15) is 4.79 Å². The van der Waals surface area contributed by atoms with Crippen LogP contribution in [0.5, 0.6) is 5.75 Å². The highest BCUT2D eigenvalue weighted by molar-refractivity contribution is 8.00. The number of likely N-dealkylation sites (tertiary alicyclic amines) is 1. The number of carbonyl (C=O) groups excluding carboxylic acids is 1. The zero-order valence-corrected chi connectivity index (χ0v) is 15.0. The van der Waals surface area contributed by atoms with Gasteiger partial charge in [-0.3, -0.25) is 4.79 Å². The molecule has 1 saturated heterocycles. The van der Waals surface area contributed by atoms with Crippen LogP contribution in [0.25, 0.3) is 0 Å². The number of benzene rings is 1. The third-order valence-electron chi connectivity index (χ3n) is 4.00. The van der Waals surface area contributed by atoms with Gasteiger partial charge in [0.2, 0.25) is 5.91 Å². The number of hydrogen-bond donors (Lipinski definition) is 1. The number of ether oxygens (including phenoxy) is 1. The van der Waals surface area contributed by atoms with E-state index in [2.05, 4.69) is 6.92 Å². The van der Waals surface area contributed by atoms with Crippen LogP contribution >= 0.6 is 24.2 Å². The average molecular weight is 345 g/mol. The smallest absolute Gasteiger partial charge is 0.236 e. The highest BCUT2D eigenvalue weighted by Crippen LogP contribution is 2.29. The fourth-order valence-electron chi connectivity index (χ4n) is 2.76. The number of amides is 1. The van der Waals surface area contributed by atoms with Crippen molar-refractivity contribution in [1.29, 1.82) is 0 Å². The standard InChI is InChI=1S/C16H24N2O2S.ClH/c1-11-8-13(9-17)10-18(11)16(19)12(2)21-15-6-4-14(20-3)5-7-15;/h4-7,11-13H,8-10,17H2,1-3H3;1H. The van der Waals surface area contributed by atoms with Crippen molar-refractivity contribution < 1.29 is 9.53 Å². The van der Waals surface area contributed by atoms with Crippen LogP contribution in [0.1, 0.15) is 20.3 Å². The lowest BCUT2D eigenvalue weighted by Crippen LogP contribution is -2.39. The van der Waals surface area contributed by atoms with Crippen LogP contribution in [0.15, 0.2) is 29.2 Å². The lowest BCUT2D eigenvalue weighted by atomic mass is 10.1. The molecule has 0 aliphatic carbocycles. The molecule has 2 rings (SSSR count). The summed E-state index contributed by atoms with van der Waals surface area (Å²) in [6.07, 6.45) is 1.02. The first-order valence-corrected chi connectivity index (χ1v) is 8.24. The van der Waals surface area contributed by atoms with E-state index in [1.807, 2.05) is 36.1 Å². The van der Waals surface area contributed by atoms with Crippen molar-refractivity contribution in [3.63, 3.8) is 0 Å². The molecule has 0 saturated carbocycles. The lowest BCUT2D eigenvalue weighted by molar-refractivity contribution is -0.130. The molecule has 1 aliphatic heterocycles. The zero-order chi connectivity index (χ0) is 15.4. The molecule has 1 fully saturated rings. The van der Waals surface area contributed by atoms with Crippen LogP contribution in [0.3, 0.4) is 0 Å². The van der Waals surface area contributed by atoms with Crippen molar-refractivity contribution in [3.05, 3.63) is 24.3 Å². The van der Waals surface area contributed by atoms with Crippen molar-refractivity contribution >= 4 is 30.1 Å². The fourth-order valence-corrected chi connectivity index (χ4v) is 3.70. The maximum atomic E-state index is 12.6. The van der Waals surface area contributed by atoms with E-state index in [1.54, 1.807) is 18.9 Å². The van der Waals surface area contributed by atoms with Gasteiger partial charge >= 0.3 is 0 Å². The van der Waals surface area contributed by atoms with E-state index >= 15 is 0 Å². The van der Waals surface area contributed by atoms with Crippen molar-refractivity contribution in [3.8, 4) is 5.75 Å². The van der Waals surface area contributed by atoms with Crippen molar-refractivity contribution in [1.82, 2.24) is 4.90 Å². The van der Waals surface area contributed by atoms with Gasteiger partial charge in [-0.1, -0.05) is 0 Å². The number of hydrogen-bond acceptors (Lipinski definition) is 4. The largest absolute Gasteiger partial charge is 0.497 e. The number of nitrogens with two attached hydrogens (primary N) is 1. The average Bonchev–Trinajstić information content (AvgIpc) is 2.88. The molecule has 1 aromatic rings. The Labute approximate surface area is 143 Å². The highest BCUT2D eigenvalue weighted by Gasteiger charge is 2.33. The Hall–Kier alpha value is -0.910. The lowest BCUT2D eigenvalue weighted by Gasteiger charge is -2.25. The second-order valence-corrected chi connectivity index (χ2v) is 7.03. The Bertz CT molecular complexity index is 484. The second-order valence-electron chi connectivity index (χ2n) is 5.61. The summed E-state index contributed by atoms with van der Waals surface area (Å²) >= 11 is 1.59. The number of rotatable bonds is 5. The number of thioether (sulfide) groups is 1. The molecule has 124 valence electrons. The fraction of sp³-hybridized carbons (Fsp3) is 0.562. The number of halogens is 1. The Morgan fingerprint density at radius 3 is 2.59 bits per heavy atom. The third-order valence-corrected chi connectivity index (χ3v) is 5.10. The first-order chi connectivity index (χ1) is 10.0. The monoisotopic (exact) mass is 344 g/mol. The molecular weight excluding hydrogens is 320 g/mol. The summed E-state index contributed by atoms with van der Waals surface area (Å²) in [7, 11) is 1.65. The molecule has 6 heteroatoms. The normalized spacial score (nSPS) is 22.1. The summed E-state index contributed by atoms with van der Waals surface area (Å²) in [5, 5.41) is -0.0858. The highest BCUT2D eigenvalue weighted by atomic mass is 35.5. The minimum Gasteiger partial charge on any atom is -0.497 e. The van der Waals surface area contributed by atoms with Crippen LogP contribution in [0, 0.1) is 5.92 Å². The Balaban J connectivity index is 0.00000242. The van der Waals surface area contributed by atoms with Gasteiger partial charge in [0, 0.05) is 17.5 Å². The van der Waals surface area contributed by atoms with E-state index in [4.69, 9.17) is 10.5 Å². The predicted octanol–water partition coefficient (Wildman–Crippen LogP) is 2.79. The molecule has 2 N–H and O–H groups in total. The van der Waals surface area contributed by atoms with Gasteiger partial charge in [-0.2, -0.15) is 0 Å². The zero-order valence-electron chi connectivity index (χ0n) is 13.3. The Morgan fingerprint density at radius 2 is 2.09 bits per heavy atom. The SMILES string of the molecule is COc1ccc(SC(C)C(=O)N2CC(CN)CC2C)cc1.Cl. The Morgan fingerprint density at radius 1 is 1.45 bits per heavy atom. The summed E-state index contributed by atoms with van der Waals surface area (Å²) in [5.74, 6) is 1.48. The number of nitrogens with zero attached hydrogens (tertiary/aromatic N) is 1. The van der Waals surface area contributed by atoms with Gasteiger partial charge in [-0.25, -0.2) is 0 Å². The molecule has 1 amide bonds. The molecule has 0 spiro atoms. The van der Waals surface area contributed by atoms with E-state index in [0.29, 0.717) is 18.5 Å². The second kappa shape index (κ2) is 8.65. The third kappa shape index (κ3) is 4.54. The molecule has 3 unspecified atom stereocenters. The molecule has 3 atom stereocenters. The molecule has 0 aromatic heterocycles. The van der Waals surface area contributed by atoms with E-state index in [1.165, 1.54) is 0 Å². The maximum Gasteiger partial charge on any atom is 0.236 e. The topological polar surface area (TPSA) is 55.6 Å². The van der Waals surface area contributed by atoms with Gasteiger partial charge < -0.3 is 15.4 Å². The van der Waals surface area contributed by atoms with Crippen LogP contribution in [-0.2, 0) is 4.79 Å². The molecule has 1 heterocycles. The van der Waals surface area contributed by atoms with Crippen molar-refractivity contribution in [2.45, 2.75) is 36.5 Å². The molecule has 1 aromatic carbocycles. The summed E-state index contributed by atoms with van der Waals surface area (Å²) in [6, 6.07) is 8.11. The molecule has 0 bridgehead atoms. The van der Waals surface area contributed by atoms with Gasteiger partial charge in [0.05, 0.1) is 12.4 Å². The van der Waals surface area contributed by atoms with Gasteiger partial charge in [0.1, 0.15) is 5.75 Å². The Kier molecular flexibility index (Phi) is 7.53. The summed E-state index contributed by atoms with van der Waals surface area (Å²) < 4.78 is 5.14. The minimum atomic E-state index is -0.0858. The first kappa shape index (κ1) is 19.1. The van der Waals surface area contributed by atoms with Crippen molar-refractivity contribution in [2.24, 2.45) is 11.7 Å². The van der Waals surface area contributed by atoms with Gasteiger partial charge in [-0.15, -0.1) is 24.2 Å². The van der Waals surface area contributed by atoms with Crippen molar-refractivity contribution in [2.75, 3.05) is 20.2 Å². The molecule has 4 nitrogen and oxygen atoms in total. The minimum absolute atomic E-state index is 0. The van der Waals surface area contributed by atoms with Gasteiger partial charge in [0.25, 0.3) is 0 Å². The van der Waals surface area contributed by atoms with E-state index in [-0.39, 0.29) is 23.6 Å². The van der Waals surface area contributed by atoms with Crippen LogP contribution in [-0.4, -0.2) is 42.3 Å². The number of carbonyl (C=O) groups is 1. The van der Waals surface area contributed by atoms with Crippen LogP contribution in [0.4, 0.5) is 0 Å². The molecular formula is C16H25ClN2O2S. The van der Waals surface area contributed by atoms with Gasteiger partial charge in [-0.05, 0) is 57.0 Å². The van der Waals surface area contributed by atoms with Crippen LogP contribution in [0.2, 0.25) is 0 Å². The molecule has 0 radical (unpaired) electrons.